The number of hydrogen-bond donors (Lipinski definition) is 0. The monoisotopic (exact) mass is 902 g/mol. The minimum absolute atomic E-state index is 0. The van der Waals surface area contributed by atoms with Crippen LogP contribution in [-0.2, 0) is 31.9 Å². The number of para-hydroxylation sites is 1. The molecule has 0 atom stereocenters. The van der Waals surface area contributed by atoms with Crippen LogP contribution in [0.5, 0.6) is 11.5 Å². The van der Waals surface area contributed by atoms with E-state index in [0.29, 0.717) is 11.5 Å². The molecule has 5 aromatic carbocycles. The Bertz CT molecular complexity index is 2520. The zero-order chi connectivity index (χ0) is 37.8. The first-order chi connectivity index (χ1) is 25.8. The molecule has 0 aliphatic carbocycles. The molecule has 0 N–H and O–H groups in total. The van der Waals surface area contributed by atoms with Crippen molar-refractivity contribution < 1.29 is 25.8 Å². The van der Waals surface area contributed by atoms with E-state index in [4.69, 9.17) is 9.72 Å². The average molecular weight is 903 g/mol. The van der Waals surface area contributed by atoms with Gasteiger partial charge in [-0.1, -0.05) is 122 Å². The molecule has 0 saturated heterocycles. The van der Waals surface area contributed by atoms with Crippen molar-refractivity contribution in [2.45, 2.75) is 66.2 Å². The van der Waals surface area contributed by atoms with E-state index in [9.17, 15) is 0 Å². The fourth-order valence-corrected chi connectivity index (χ4v) is 7.32. The van der Waals surface area contributed by atoms with Crippen molar-refractivity contribution in [1.82, 2.24) is 9.55 Å². The summed E-state index contributed by atoms with van der Waals surface area (Å²) in [6.07, 6.45) is 4.11. The summed E-state index contributed by atoms with van der Waals surface area (Å²) in [6, 6.07) is 49.6. The van der Waals surface area contributed by atoms with Gasteiger partial charge in [-0.05, 0) is 64.0 Å². The molecule has 0 fully saturated rings. The largest absolute Gasteiger partial charge is 0.509 e. The van der Waals surface area contributed by atoms with Crippen molar-refractivity contribution in [3.8, 4) is 17.3 Å². The summed E-state index contributed by atoms with van der Waals surface area (Å²) in [4.78, 5) is 9.26. The molecular formula is C49H47N4OPt-3. The first-order valence-electron chi connectivity index (χ1n) is 18.7. The van der Waals surface area contributed by atoms with Gasteiger partial charge in [-0.2, -0.15) is 12.1 Å². The summed E-state index contributed by atoms with van der Waals surface area (Å²) in [7, 11) is 0. The van der Waals surface area contributed by atoms with E-state index >= 15 is 0 Å². The summed E-state index contributed by atoms with van der Waals surface area (Å²) in [5, 5.41) is 2.25. The van der Waals surface area contributed by atoms with Crippen LogP contribution in [0.2, 0.25) is 0 Å². The quantitative estimate of drug-likeness (QED) is 0.149. The Morgan fingerprint density at radius 2 is 1.33 bits per heavy atom. The van der Waals surface area contributed by atoms with Crippen LogP contribution >= 0.6 is 0 Å². The molecule has 5 nitrogen and oxygen atoms in total. The fourth-order valence-electron chi connectivity index (χ4n) is 7.32. The van der Waals surface area contributed by atoms with Gasteiger partial charge in [0, 0.05) is 66.5 Å². The molecule has 6 heteroatoms. The second kappa shape index (κ2) is 14.5. The number of allylic oxidation sites excluding steroid dienone is 1. The van der Waals surface area contributed by atoms with Gasteiger partial charge in [-0.3, -0.25) is 0 Å². The Hall–Kier alpha value is -5.12. The van der Waals surface area contributed by atoms with Crippen molar-refractivity contribution in [2.75, 3.05) is 9.80 Å². The number of benzene rings is 5. The van der Waals surface area contributed by atoms with E-state index in [1.807, 2.05) is 24.4 Å². The number of ether oxygens (including phenoxy) is 1. The number of hydrogen-bond acceptors (Lipinski definition) is 4. The van der Waals surface area contributed by atoms with Crippen molar-refractivity contribution in [3.05, 3.63) is 175 Å². The normalized spacial score (nSPS) is 13.6. The summed E-state index contributed by atoms with van der Waals surface area (Å²) < 4.78 is 8.72. The van der Waals surface area contributed by atoms with E-state index in [-0.39, 0.29) is 37.3 Å². The fraction of sp³-hybridized carbons (Fsp3) is 0.224. The second-order valence-corrected chi connectivity index (χ2v) is 16.8. The van der Waals surface area contributed by atoms with Gasteiger partial charge in [-0.15, -0.1) is 48.1 Å². The van der Waals surface area contributed by atoms with E-state index in [1.165, 1.54) is 22.4 Å². The third-order valence-corrected chi connectivity index (χ3v) is 10.5. The third-order valence-electron chi connectivity index (χ3n) is 10.5. The molecule has 0 bridgehead atoms. The van der Waals surface area contributed by atoms with E-state index in [2.05, 4.69) is 198 Å². The number of rotatable bonds is 7. The molecule has 0 saturated carbocycles. The van der Waals surface area contributed by atoms with Crippen LogP contribution in [-0.4, -0.2) is 9.55 Å². The molecule has 0 radical (unpaired) electrons. The zero-order valence-electron chi connectivity index (χ0n) is 32.8. The standard InChI is InChI=1S/C49H47N4O.Pt/c1-47(2,3)35-26-27-50-46(29-35)53-43-23-13-12-22-41(43)42-25-24-40(31-44(42)53)54-39-21-15-19-37(30-39)51-32-45(48(4,5)6)52(33-51)38-20-14-18-36(28-38)49(7,8)34-16-10-9-11-17-34;/h9-29,32-33H,1-8H3;/q-3;. The van der Waals surface area contributed by atoms with Gasteiger partial charge in [-0.25, -0.2) is 4.98 Å². The predicted octanol–water partition coefficient (Wildman–Crippen LogP) is 12.5. The van der Waals surface area contributed by atoms with Gasteiger partial charge in [0.05, 0.1) is 0 Å². The van der Waals surface area contributed by atoms with Crippen LogP contribution in [0.3, 0.4) is 0 Å². The molecule has 2 aromatic heterocycles. The maximum Gasteiger partial charge on any atom is 0.135 e. The van der Waals surface area contributed by atoms with Gasteiger partial charge in [0.15, 0.2) is 0 Å². The van der Waals surface area contributed by atoms with E-state index in [0.717, 1.165) is 39.0 Å². The number of anilines is 2. The zero-order valence-corrected chi connectivity index (χ0v) is 35.1. The van der Waals surface area contributed by atoms with Crippen LogP contribution in [0, 0.1) is 24.2 Å². The predicted molar refractivity (Wildman–Crippen MR) is 223 cm³/mol. The Morgan fingerprint density at radius 1 is 0.618 bits per heavy atom. The first-order valence-corrected chi connectivity index (χ1v) is 18.7. The molecule has 0 spiro atoms. The molecule has 0 unspecified atom stereocenters. The molecule has 1 aliphatic rings. The second-order valence-electron chi connectivity index (χ2n) is 16.8. The smallest absolute Gasteiger partial charge is 0.135 e. The van der Waals surface area contributed by atoms with E-state index < -0.39 is 0 Å². The molecule has 1 aliphatic heterocycles. The molecule has 7 aromatic rings. The number of nitrogens with zero attached hydrogens (tertiary/aromatic N) is 4. The Balaban J connectivity index is 0.00000465. The molecular weight excluding hydrogens is 856 g/mol. The van der Waals surface area contributed by atoms with Crippen molar-refractivity contribution in [1.29, 1.82) is 0 Å². The van der Waals surface area contributed by atoms with Crippen molar-refractivity contribution in [2.24, 2.45) is 5.41 Å². The topological polar surface area (TPSA) is 33.5 Å². The molecule has 8 rings (SSSR count). The summed E-state index contributed by atoms with van der Waals surface area (Å²) >= 11 is 0. The molecule has 0 amide bonds. The minimum Gasteiger partial charge on any atom is -0.509 e. The van der Waals surface area contributed by atoms with Crippen LogP contribution in [0.25, 0.3) is 27.6 Å². The van der Waals surface area contributed by atoms with Crippen LogP contribution < -0.4 is 14.5 Å². The van der Waals surface area contributed by atoms with Crippen LogP contribution in [0.4, 0.5) is 11.4 Å². The van der Waals surface area contributed by atoms with Gasteiger partial charge >= 0.3 is 0 Å². The van der Waals surface area contributed by atoms with Gasteiger partial charge in [0.2, 0.25) is 0 Å². The van der Waals surface area contributed by atoms with Crippen LogP contribution in [0.15, 0.2) is 139 Å². The molecule has 55 heavy (non-hydrogen) atoms. The van der Waals surface area contributed by atoms with Gasteiger partial charge in [0.1, 0.15) is 5.82 Å². The van der Waals surface area contributed by atoms with Crippen molar-refractivity contribution >= 4 is 33.2 Å². The SMILES string of the molecule is CC(C)(C)C1=CN(c2[c-]c(Oc3[c-]c4c(cc3)c3ccccc3n4-c3cc(C(C)(C)C)ccn3)ccc2)[CH-]N1c1cccc(C(C)(C)c2ccccc2)c1.[Pt]. The van der Waals surface area contributed by atoms with Gasteiger partial charge in [0.25, 0.3) is 0 Å². The molecule has 282 valence electrons. The summed E-state index contributed by atoms with van der Waals surface area (Å²) in [5.74, 6) is 2.09. The number of fused-ring (bicyclic) bond motifs is 3. The number of pyridine rings is 1. The summed E-state index contributed by atoms with van der Waals surface area (Å²) in [5.41, 5.74) is 8.69. The maximum absolute atomic E-state index is 6.53. The Kier molecular flexibility index (Phi) is 10.1. The summed E-state index contributed by atoms with van der Waals surface area (Å²) in [6.45, 7) is 20.2. The maximum atomic E-state index is 6.53. The Labute approximate surface area is 340 Å². The molecule has 3 heterocycles. The average Bonchev–Trinajstić information content (AvgIpc) is 3.76. The van der Waals surface area contributed by atoms with Crippen molar-refractivity contribution in [3.63, 3.8) is 0 Å². The first kappa shape index (κ1) is 38.2. The van der Waals surface area contributed by atoms with E-state index in [1.54, 1.807) is 0 Å². The number of aromatic nitrogens is 2. The van der Waals surface area contributed by atoms with Crippen LogP contribution in [0.1, 0.15) is 72.1 Å². The Morgan fingerprint density at radius 3 is 2.09 bits per heavy atom. The van der Waals surface area contributed by atoms with Gasteiger partial charge < -0.3 is 19.1 Å². The third kappa shape index (κ3) is 7.35. The minimum atomic E-state index is -0.150.